The van der Waals surface area contributed by atoms with E-state index in [4.69, 9.17) is 9.05 Å². The van der Waals surface area contributed by atoms with E-state index in [9.17, 15) is 19.4 Å². The molecule has 0 heterocycles. The summed E-state index contributed by atoms with van der Waals surface area (Å²) in [6.45, 7) is 4.67. The molecule has 0 rings (SSSR count). The van der Waals surface area contributed by atoms with E-state index >= 15 is 0 Å². The molecule has 0 aliphatic carbocycles. The number of carbonyl (C=O) groups excluding carboxylic acids is 1. The number of quaternary nitrogens is 1. The molecule has 0 fully saturated rings. The molecule has 2 N–H and O–H groups in total. The van der Waals surface area contributed by atoms with E-state index in [-0.39, 0.29) is 19.1 Å². The molecule has 3 unspecified atom stereocenters. The number of hydrogen-bond donors (Lipinski definition) is 2. The van der Waals surface area contributed by atoms with Crippen molar-refractivity contribution >= 4 is 13.7 Å². The summed E-state index contributed by atoms with van der Waals surface area (Å²) in [5.41, 5.74) is 0. The number of hydrogen-bond acceptors (Lipinski definition) is 6. The highest BCUT2D eigenvalue weighted by Gasteiger charge is 2.23. The highest BCUT2D eigenvalue weighted by molar-refractivity contribution is 7.45. The third-order valence-corrected chi connectivity index (χ3v) is 13.4. The lowest BCUT2D eigenvalue weighted by molar-refractivity contribution is -0.870. The summed E-state index contributed by atoms with van der Waals surface area (Å²) in [6.07, 6.45) is 56.7. The molecule has 3 atom stereocenters. The summed E-state index contributed by atoms with van der Waals surface area (Å²) in [4.78, 5) is 25.4. The minimum atomic E-state index is -4.60. The Kier molecular flexibility index (Phi) is 45.4. The van der Waals surface area contributed by atoms with Gasteiger partial charge in [-0.25, -0.2) is 0 Å². The van der Waals surface area contributed by atoms with Gasteiger partial charge >= 0.3 is 0 Å². The zero-order valence-corrected chi connectivity index (χ0v) is 43.4. The number of phosphoric ester groups is 1. The van der Waals surface area contributed by atoms with Crippen molar-refractivity contribution in [3.05, 3.63) is 24.3 Å². The van der Waals surface area contributed by atoms with Crippen LogP contribution < -0.4 is 10.2 Å². The fraction of sp³-hybridized carbons (Fsp3) is 0.907. The summed E-state index contributed by atoms with van der Waals surface area (Å²) in [6, 6.07) is -0.899. The highest BCUT2D eigenvalue weighted by Crippen LogP contribution is 2.38. The highest BCUT2D eigenvalue weighted by atomic mass is 31.2. The molecule has 0 saturated heterocycles. The normalized spacial score (nSPS) is 14.2. The van der Waals surface area contributed by atoms with Gasteiger partial charge in [0.25, 0.3) is 7.82 Å². The van der Waals surface area contributed by atoms with Gasteiger partial charge in [0.2, 0.25) is 5.91 Å². The molecule has 8 nitrogen and oxygen atoms in total. The molecule has 0 aromatic heterocycles. The number of likely N-dealkylation sites (N-methyl/N-ethyl adjacent to an activating group) is 1. The fourth-order valence-corrected chi connectivity index (χ4v) is 8.84. The number of nitrogens with one attached hydrogen (secondary N) is 1. The lowest BCUT2D eigenvalue weighted by atomic mass is 10.0. The number of amides is 1. The summed E-state index contributed by atoms with van der Waals surface area (Å²) >= 11 is 0. The number of allylic oxidation sites excluding steroid dienone is 3. The first-order valence-corrected chi connectivity index (χ1v) is 28.7. The fourth-order valence-electron chi connectivity index (χ4n) is 8.11. The van der Waals surface area contributed by atoms with Crippen molar-refractivity contribution in [2.45, 2.75) is 276 Å². The molecule has 374 valence electrons. The molecule has 9 heteroatoms. The standard InChI is InChI=1S/C54H107N2O6P/c1-6-8-10-12-14-16-18-20-22-24-26-27-28-29-30-31-33-35-37-39-41-43-45-47-53(57)52(51-62-63(59,60)61-50-49-56(3,4)5)55-54(58)48-46-44-42-40-38-36-34-32-25-23-21-19-17-15-13-11-9-7-2/h37,39,45,47,52-53,57H,6-36,38,40-44,46,48-51H2,1-5H3,(H-,55,58,59,60)/b39-37+,47-45+. The van der Waals surface area contributed by atoms with Crippen LogP contribution in [-0.2, 0) is 18.4 Å². The number of unbranched alkanes of at least 4 members (excludes halogenated alkanes) is 35. The first-order valence-electron chi connectivity index (χ1n) is 27.2. The van der Waals surface area contributed by atoms with Crippen molar-refractivity contribution in [1.82, 2.24) is 5.32 Å². The van der Waals surface area contributed by atoms with Crippen molar-refractivity contribution in [2.75, 3.05) is 40.9 Å². The molecule has 0 radical (unpaired) electrons. The van der Waals surface area contributed by atoms with Crippen LogP contribution in [0.5, 0.6) is 0 Å². The molecule has 63 heavy (non-hydrogen) atoms. The number of carbonyl (C=O) groups is 1. The monoisotopic (exact) mass is 911 g/mol. The Morgan fingerprint density at radius 2 is 0.889 bits per heavy atom. The Labute approximate surface area is 392 Å². The molecule has 0 aliphatic rings. The van der Waals surface area contributed by atoms with E-state index in [0.29, 0.717) is 17.4 Å². The lowest BCUT2D eigenvalue weighted by Crippen LogP contribution is -2.45. The van der Waals surface area contributed by atoms with Crippen molar-refractivity contribution in [3.63, 3.8) is 0 Å². The second kappa shape index (κ2) is 46.1. The van der Waals surface area contributed by atoms with Crippen molar-refractivity contribution in [3.8, 4) is 0 Å². The van der Waals surface area contributed by atoms with Crippen LogP contribution in [0.3, 0.4) is 0 Å². The van der Waals surface area contributed by atoms with Crippen LogP contribution in [-0.4, -0.2) is 68.5 Å². The number of rotatable bonds is 50. The van der Waals surface area contributed by atoms with Crippen LogP contribution in [0.15, 0.2) is 24.3 Å². The van der Waals surface area contributed by atoms with E-state index in [2.05, 4.69) is 31.3 Å². The van der Waals surface area contributed by atoms with Gasteiger partial charge in [-0.15, -0.1) is 0 Å². The minimum Gasteiger partial charge on any atom is -0.756 e. The Morgan fingerprint density at radius 3 is 1.29 bits per heavy atom. The van der Waals surface area contributed by atoms with Crippen LogP contribution in [0.1, 0.15) is 264 Å². The predicted octanol–water partition coefficient (Wildman–Crippen LogP) is 15.4. The average Bonchev–Trinajstić information content (AvgIpc) is 3.24. The molecule has 0 bridgehead atoms. The third-order valence-electron chi connectivity index (χ3n) is 12.4. The summed E-state index contributed by atoms with van der Waals surface area (Å²) in [5.74, 6) is -0.202. The number of aliphatic hydroxyl groups excluding tert-OH is 1. The Morgan fingerprint density at radius 1 is 0.540 bits per heavy atom. The number of nitrogens with zero attached hydrogens (tertiary/aromatic N) is 1. The van der Waals surface area contributed by atoms with Gasteiger partial charge < -0.3 is 28.8 Å². The van der Waals surface area contributed by atoms with Crippen molar-refractivity contribution < 1.29 is 32.9 Å². The number of phosphoric acid groups is 1. The molecule has 0 aromatic carbocycles. The van der Waals surface area contributed by atoms with Crippen LogP contribution in [0.2, 0.25) is 0 Å². The van der Waals surface area contributed by atoms with Gasteiger partial charge in [-0.2, -0.15) is 0 Å². The van der Waals surface area contributed by atoms with E-state index in [0.717, 1.165) is 38.5 Å². The maximum absolute atomic E-state index is 12.9. The lowest BCUT2D eigenvalue weighted by Gasteiger charge is -2.29. The second-order valence-corrected chi connectivity index (χ2v) is 21.3. The van der Waals surface area contributed by atoms with Crippen LogP contribution in [0.25, 0.3) is 0 Å². The molecule has 0 spiro atoms. The van der Waals surface area contributed by atoms with E-state index in [1.165, 1.54) is 205 Å². The first-order chi connectivity index (χ1) is 30.5. The van der Waals surface area contributed by atoms with E-state index < -0.39 is 20.0 Å². The molecular weight excluding hydrogens is 804 g/mol. The van der Waals surface area contributed by atoms with E-state index in [1.54, 1.807) is 6.08 Å². The van der Waals surface area contributed by atoms with Gasteiger partial charge in [0.1, 0.15) is 13.2 Å². The van der Waals surface area contributed by atoms with Crippen LogP contribution >= 0.6 is 7.82 Å². The maximum Gasteiger partial charge on any atom is 0.268 e. The molecule has 0 saturated carbocycles. The zero-order chi connectivity index (χ0) is 46.4. The Bertz CT molecular complexity index is 1080. The summed E-state index contributed by atoms with van der Waals surface area (Å²) < 4.78 is 23.3. The minimum absolute atomic E-state index is 0.00383. The summed E-state index contributed by atoms with van der Waals surface area (Å²) in [5, 5.41) is 13.8. The molecule has 0 aliphatic heterocycles. The number of aliphatic hydroxyl groups is 1. The molecule has 0 aromatic rings. The largest absolute Gasteiger partial charge is 0.756 e. The maximum atomic E-state index is 12.9. The third kappa shape index (κ3) is 48.7. The zero-order valence-electron chi connectivity index (χ0n) is 42.5. The quantitative estimate of drug-likeness (QED) is 0.0272. The first kappa shape index (κ1) is 62.0. The summed E-state index contributed by atoms with van der Waals surface area (Å²) in [7, 11) is 1.26. The van der Waals surface area contributed by atoms with Gasteiger partial charge in [-0.05, 0) is 32.1 Å². The van der Waals surface area contributed by atoms with Gasteiger partial charge in [-0.1, -0.05) is 250 Å². The van der Waals surface area contributed by atoms with Gasteiger partial charge in [0.15, 0.2) is 0 Å². The predicted molar refractivity (Wildman–Crippen MR) is 270 cm³/mol. The molecule has 1 amide bonds. The second-order valence-electron chi connectivity index (χ2n) is 19.9. The van der Waals surface area contributed by atoms with Crippen LogP contribution in [0.4, 0.5) is 0 Å². The SMILES string of the molecule is CCCCCCCCCCCCCCCCCCC/C=C/CC/C=C/C(O)C(COP(=O)([O-])OCC[N+](C)(C)C)NC(=O)CCCCCCCCCCCCCCCCCCCC. The van der Waals surface area contributed by atoms with Gasteiger partial charge in [0, 0.05) is 6.42 Å². The van der Waals surface area contributed by atoms with Gasteiger partial charge in [-0.3, -0.25) is 9.36 Å². The van der Waals surface area contributed by atoms with Crippen molar-refractivity contribution in [2.24, 2.45) is 0 Å². The van der Waals surface area contributed by atoms with Crippen LogP contribution in [0, 0.1) is 0 Å². The average molecular weight is 911 g/mol. The Balaban J connectivity index is 4.28. The van der Waals surface area contributed by atoms with Crippen molar-refractivity contribution in [1.29, 1.82) is 0 Å². The molecular formula is C54H107N2O6P. The van der Waals surface area contributed by atoms with Gasteiger partial charge in [0.05, 0.1) is 39.9 Å². The van der Waals surface area contributed by atoms with E-state index in [1.807, 2.05) is 27.2 Å². The Hall–Kier alpha value is -1.02. The topological polar surface area (TPSA) is 108 Å². The smallest absolute Gasteiger partial charge is 0.268 e.